The number of aromatic nitrogens is 5. The minimum atomic E-state index is -0.00367. The smallest absolute Gasteiger partial charge is 0.238 e. The van der Waals surface area contributed by atoms with Gasteiger partial charge in [0, 0.05) is 38.4 Å². The average molecular weight is 850 g/mol. The molecule has 0 amide bonds. The summed E-state index contributed by atoms with van der Waals surface area (Å²) in [5.41, 5.74) is 12.7. The second kappa shape index (κ2) is 14.3. The zero-order valence-corrected chi connectivity index (χ0v) is 37.5. The molecular weight excluding hydrogens is 803 g/mol. The number of nitrogens with zero attached hydrogens (tertiary/aromatic N) is 5. The van der Waals surface area contributed by atoms with Crippen LogP contribution in [0.25, 0.3) is 111 Å². The van der Waals surface area contributed by atoms with Gasteiger partial charge < -0.3 is 4.57 Å². The maximum Gasteiger partial charge on any atom is 0.238 e. The Morgan fingerprint density at radius 2 is 0.924 bits per heavy atom. The lowest BCUT2D eigenvalue weighted by Crippen LogP contribution is -2.33. The van der Waals surface area contributed by atoms with Crippen molar-refractivity contribution in [3.05, 3.63) is 199 Å². The Morgan fingerprint density at radius 3 is 1.71 bits per heavy atom. The summed E-state index contributed by atoms with van der Waals surface area (Å²) in [4.78, 5) is 16.4. The van der Waals surface area contributed by atoms with Crippen LogP contribution >= 0.6 is 0 Å². The van der Waals surface area contributed by atoms with Crippen LogP contribution in [-0.4, -0.2) is 24.1 Å². The quantitative estimate of drug-likeness (QED) is 0.173. The SMILES string of the molecule is CC1(C)CCC(C)(C)c2cc3c(cc21)c1cc2c(cc1n3-c1nc(-c3ccc(-c4ccc5ccccc5c4)cc3)nc(-c3cccc4ccccc34)n1)c1ccccc1n2-c1ccccc1. The summed E-state index contributed by atoms with van der Waals surface area (Å²) >= 11 is 0. The van der Waals surface area contributed by atoms with Crippen LogP contribution in [0.15, 0.2) is 188 Å². The minimum Gasteiger partial charge on any atom is -0.309 e. The fourth-order valence-electron chi connectivity index (χ4n) is 10.9. The molecule has 3 heterocycles. The molecule has 0 radical (unpaired) electrons. The van der Waals surface area contributed by atoms with Gasteiger partial charge in [0.05, 0.1) is 22.1 Å². The third-order valence-electron chi connectivity index (χ3n) is 14.6. The molecule has 0 aliphatic heterocycles. The van der Waals surface area contributed by atoms with Crippen LogP contribution in [0.4, 0.5) is 0 Å². The average Bonchev–Trinajstić information content (AvgIpc) is 3.85. The molecule has 12 aromatic rings. The van der Waals surface area contributed by atoms with Crippen molar-refractivity contribution in [3.63, 3.8) is 0 Å². The Kier molecular flexibility index (Phi) is 8.36. The maximum atomic E-state index is 5.52. The molecule has 0 N–H and O–H groups in total. The van der Waals surface area contributed by atoms with Crippen molar-refractivity contribution in [3.8, 4) is 45.5 Å². The minimum absolute atomic E-state index is 0.00367. The fraction of sp³-hybridized carbons (Fsp3) is 0.131. The molecule has 0 unspecified atom stereocenters. The Balaban J connectivity index is 1.11. The third-order valence-corrected chi connectivity index (χ3v) is 14.6. The van der Waals surface area contributed by atoms with Crippen LogP contribution in [0, 0.1) is 0 Å². The Hall–Kier alpha value is -7.89. The van der Waals surface area contributed by atoms with Gasteiger partial charge in [-0.2, -0.15) is 9.97 Å². The van der Waals surface area contributed by atoms with Gasteiger partial charge in [-0.3, -0.25) is 4.57 Å². The highest BCUT2D eigenvalue weighted by atomic mass is 15.2. The van der Waals surface area contributed by atoms with Gasteiger partial charge in [-0.15, -0.1) is 0 Å². The summed E-state index contributed by atoms with van der Waals surface area (Å²) in [6.45, 7) is 9.64. The van der Waals surface area contributed by atoms with E-state index in [1.54, 1.807) is 0 Å². The number of para-hydroxylation sites is 2. The molecule has 0 bridgehead atoms. The van der Waals surface area contributed by atoms with Gasteiger partial charge in [-0.05, 0) is 116 Å². The van der Waals surface area contributed by atoms with Crippen LogP contribution < -0.4 is 0 Å². The molecule has 5 nitrogen and oxygen atoms in total. The van der Waals surface area contributed by atoms with Gasteiger partial charge in [0.2, 0.25) is 5.95 Å². The summed E-state index contributed by atoms with van der Waals surface area (Å²) < 4.78 is 4.75. The van der Waals surface area contributed by atoms with E-state index in [0.717, 1.165) is 57.0 Å². The van der Waals surface area contributed by atoms with E-state index in [4.69, 9.17) is 15.0 Å². The summed E-state index contributed by atoms with van der Waals surface area (Å²) in [6, 6.07) is 68.1. The third kappa shape index (κ3) is 5.96. The summed E-state index contributed by atoms with van der Waals surface area (Å²) in [6.07, 6.45) is 2.25. The molecule has 0 atom stereocenters. The molecule has 0 spiro atoms. The van der Waals surface area contributed by atoms with Crippen LogP contribution in [0.1, 0.15) is 51.7 Å². The predicted molar refractivity (Wildman–Crippen MR) is 275 cm³/mol. The molecule has 3 aromatic heterocycles. The van der Waals surface area contributed by atoms with E-state index in [0.29, 0.717) is 17.6 Å². The van der Waals surface area contributed by atoms with Crippen LogP contribution in [-0.2, 0) is 10.8 Å². The highest BCUT2D eigenvalue weighted by molar-refractivity contribution is 6.19. The van der Waals surface area contributed by atoms with Crippen molar-refractivity contribution in [2.75, 3.05) is 0 Å². The lowest BCUT2D eigenvalue weighted by molar-refractivity contribution is 0.332. The van der Waals surface area contributed by atoms with E-state index >= 15 is 0 Å². The second-order valence-corrected chi connectivity index (χ2v) is 19.5. The summed E-state index contributed by atoms with van der Waals surface area (Å²) in [5.74, 6) is 1.87. The molecule has 0 saturated carbocycles. The van der Waals surface area contributed by atoms with E-state index in [1.165, 1.54) is 60.0 Å². The number of hydrogen-bond donors (Lipinski definition) is 0. The van der Waals surface area contributed by atoms with Crippen molar-refractivity contribution < 1.29 is 0 Å². The van der Waals surface area contributed by atoms with Gasteiger partial charge in [0.25, 0.3) is 0 Å². The molecule has 5 heteroatoms. The van der Waals surface area contributed by atoms with E-state index in [-0.39, 0.29) is 10.8 Å². The van der Waals surface area contributed by atoms with Gasteiger partial charge >= 0.3 is 0 Å². The van der Waals surface area contributed by atoms with Crippen LogP contribution in [0.5, 0.6) is 0 Å². The molecule has 9 aromatic carbocycles. The molecule has 66 heavy (non-hydrogen) atoms. The number of hydrogen-bond acceptors (Lipinski definition) is 3. The fourth-order valence-corrected chi connectivity index (χ4v) is 10.9. The normalized spacial score (nSPS) is 14.5. The first-order valence-electron chi connectivity index (χ1n) is 23.1. The number of fused-ring (bicyclic) bond motifs is 9. The van der Waals surface area contributed by atoms with Gasteiger partial charge in [0.1, 0.15) is 0 Å². The van der Waals surface area contributed by atoms with Crippen LogP contribution in [0.3, 0.4) is 0 Å². The molecule has 0 saturated heterocycles. The molecule has 1 aliphatic rings. The Morgan fingerprint density at radius 1 is 0.364 bits per heavy atom. The molecule has 0 fully saturated rings. The first-order chi connectivity index (χ1) is 32.2. The van der Waals surface area contributed by atoms with Gasteiger partial charge in [-0.25, -0.2) is 4.98 Å². The van der Waals surface area contributed by atoms with Crippen molar-refractivity contribution >= 4 is 65.2 Å². The number of benzene rings is 9. The van der Waals surface area contributed by atoms with Crippen molar-refractivity contribution in [2.24, 2.45) is 0 Å². The number of rotatable bonds is 5. The van der Waals surface area contributed by atoms with Crippen LogP contribution in [0.2, 0.25) is 0 Å². The second-order valence-electron chi connectivity index (χ2n) is 19.5. The zero-order valence-electron chi connectivity index (χ0n) is 37.5. The van der Waals surface area contributed by atoms with E-state index in [2.05, 4.69) is 225 Å². The highest BCUT2D eigenvalue weighted by Crippen LogP contribution is 2.49. The largest absolute Gasteiger partial charge is 0.309 e. The topological polar surface area (TPSA) is 48.5 Å². The summed E-state index contributed by atoms with van der Waals surface area (Å²) in [5, 5.41) is 9.47. The summed E-state index contributed by atoms with van der Waals surface area (Å²) in [7, 11) is 0. The first-order valence-corrected chi connectivity index (χ1v) is 23.1. The lowest BCUT2D eigenvalue weighted by atomic mass is 9.63. The first kappa shape index (κ1) is 38.6. The predicted octanol–water partition coefficient (Wildman–Crippen LogP) is 15.7. The van der Waals surface area contributed by atoms with Crippen molar-refractivity contribution in [1.29, 1.82) is 0 Å². The molecule has 316 valence electrons. The Bertz CT molecular complexity index is 3920. The van der Waals surface area contributed by atoms with Gasteiger partial charge in [0.15, 0.2) is 11.6 Å². The van der Waals surface area contributed by atoms with E-state index < -0.39 is 0 Å². The van der Waals surface area contributed by atoms with Crippen molar-refractivity contribution in [2.45, 2.75) is 51.4 Å². The highest BCUT2D eigenvalue weighted by Gasteiger charge is 2.38. The lowest BCUT2D eigenvalue weighted by Gasteiger charge is -2.42. The monoisotopic (exact) mass is 849 g/mol. The molecule has 13 rings (SSSR count). The van der Waals surface area contributed by atoms with Gasteiger partial charge in [-0.1, -0.05) is 167 Å². The Labute approximate surface area is 383 Å². The van der Waals surface area contributed by atoms with Crippen molar-refractivity contribution in [1.82, 2.24) is 24.1 Å². The molecular formula is C61H47N5. The van der Waals surface area contributed by atoms with E-state index in [9.17, 15) is 0 Å². The van der Waals surface area contributed by atoms with E-state index in [1.807, 2.05) is 0 Å². The zero-order chi connectivity index (χ0) is 44.3. The standard InChI is InChI=1S/C61H47N5/c1-60(2)31-32-61(3,4)52-37-56-48(34-51(52)60)50-36-54-49(46-22-12-13-24-53(46)65(54)44-19-6-5-7-20-44)35-55(50)66(56)59-63-57(62-58(64-59)47-23-14-18-40-16-10-11-21-45(40)47)41-28-25-39(26-29-41)43-30-27-38-15-8-9-17-42(38)33-43/h5-30,33-37H,31-32H2,1-4H3. The maximum absolute atomic E-state index is 5.52. The molecule has 1 aliphatic carbocycles.